The van der Waals surface area contributed by atoms with Crippen LogP contribution in [0.4, 0.5) is 0 Å². The molecule has 1 N–H and O–H groups in total. The predicted molar refractivity (Wildman–Crippen MR) is 135 cm³/mol. The van der Waals surface area contributed by atoms with E-state index in [9.17, 15) is 9.59 Å². The van der Waals surface area contributed by atoms with Crippen LogP contribution in [0.25, 0.3) is 0 Å². The van der Waals surface area contributed by atoms with Crippen LogP contribution < -0.4 is 29.1 Å². The Morgan fingerprint density at radius 2 is 1.56 bits per heavy atom. The molecule has 3 rings (SSSR count). The number of methoxy groups -OCH3 is 3. The summed E-state index contributed by atoms with van der Waals surface area (Å²) in [5, 5.41) is 4.53. The van der Waals surface area contributed by atoms with Crippen molar-refractivity contribution in [2.24, 2.45) is 5.10 Å². The molecule has 0 aliphatic rings. The fourth-order valence-electron chi connectivity index (χ4n) is 3.05. The average molecular weight is 513 g/mol. The van der Waals surface area contributed by atoms with E-state index in [1.54, 1.807) is 42.5 Å². The van der Waals surface area contributed by atoms with Crippen molar-refractivity contribution in [1.82, 2.24) is 5.43 Å². The van der Waals surface area contributed by atoms with E-state index in [0.29, 0.717) is 39.3 Å². The number of nitrogens with zero attached hydrogens (tertiary/aromatic N) is 1. The highest BCUT2D eigenvalue weighted by atomic mass is 35.5. The number of ether oxygens (including phenoxy) is 5. The molecule has 0 fully saturated rings. The molecule has 9 nitrogen and oxygen atoms in total. The molecule has 0 bridgehead atoms. The molecule has 0 saturated heterocycles. The van der Waals surface area contributed by atoms with Gasteiger partial charge in [-0.05, 0) is 72.6 Å². The van der Waals surface area contributed by atoms with Crippen molar-refractivity contribution >= 4 is 29.7 Å². The average Bonchev–Trinajstić information content (AvgIpc) is 2.89. The minimum Gasteiger partial charge on any atom is -0.493 e. The van der Waals surface area contributed by atoms with Gasteiger partial charge in [0.2, 0.25) is 5.75 Å². The Balaban J connectivity index is 1.54. The van der Waals surface area contributed by atoms with Crippen LogP contribution in [0.5, 0.6) is 28.7 Å². The fraction of sp³-hybridized carbons (Fsp3) is 0.192. The van der Waals surface area contributed by atoms with Gasteiger partial charge < -0.3 is 23.7 Å². The lowest BCUT2D eigenvalue weighted by atomic mass is 10.2. The first kappa shape index (κ1) is 26.4. The molecule has 0 aliphatic carbocycles. The van der Waals surface area contributed by atoms with E-state index in [1.807, 2.05) is 6.92 Å². The molecule has 0 saturated carbocycles. The number of carbonyl (C=O) groups excluding carboxylic acids is 2. The normalized spacial score (nSPS) is 10.6. The molecule has 3 aromatic carbocycles. The molecule has 0 aliphatic heterocycles. The van der Waals surface area contributed by atoms with Crippen molar-refractivity contribution in [2.75, 3.05) is 27.9 Å². The van der Waals surface area contributed by atoms with Crippen molar-refractivity contribution in [2.45, 2.75) is 6.92 Å². The summed E-state index contributed by atoms with van der Waals surface area (Å²) >= 11 is 5.97. The Morgan fingerprint density at radius 3 is 2.14 bits per heavy atom. The van der Waals surface area contributed by atoms with Crippen LogP contribution in [-0.2, 0) is 4.79 Å². The first-order valence-electron chi connectivity index (χ1n) is 10.7. The van der Waals surface area contributed by atoms with Crippen LogP contribution in [0.2, 0.25) is 5.02 Å². The first-order chi connectivity index (χ1) is 17.3. The summed E-state index contributed by atoms with van der Waals surface area (Å²) in [6.07, 6.45) is 1.45. The van der Waals surface area contributed by atoms with Gasteiger partial charge in [-0.1, -0.05) is 11.6 Å². The van der Waals surface area contributed by atoms with E-state index in [-0.39, 0.29) is 12.2 Å². The van der Waals surface area contributed by atoms with Crippen LogP contribution in [0, 0.1) is 6.92 Å². The number of halogens is 1. The molecule has 188 valence electrons. The Bertz CT molecular complexity index is 1230. The Hall–Kier alpha value is -4.24. The molecule has 1 amide bonds. The van der Waals surface area contributed by atoms with Crippen molar-refractivity contribution in [1.29, 1.82) is 0 Å². The number of hydrazone groups is 1. The van der Waals surface area contributed by atoms with Crippen molar-refractivity contribution < 1.29 is 33.3 Å². The first-order valence-corrected chi connectivity index (χ1v) is 11.1. The van der Waals surface area contributed by atoms with Gasteiger partial charge in [-0.2, -0.15) is 5.10 Å². The number of aryl methyl sites for hydroxylation is 1. The highest BCUT2D eigenvalue weighted by Crippen LogP contribution is 2.38. The quantitative estimate of drug-likeness (QED) is 0.185. The number of benzene rings is 3. The van der Waals surface area contributed by atoms with Gasteiger partial charge in [0.05, 0.1) is 33.1 Å². The van der Waals surface area contributed by atoms with E-state index in [2.05, 4.69) is 10.5 Å². The number of nitrogens with one attached hydrogen (secondary N) is 1. The number of amides is 1. The van der Waals surface area contributed by atoms with Gasteiger partial charge in [0.25, 0.3) is 5.91 Å². The summed E-state index contributed by atoms with van der Waals surface area (Å²) in [6.45, 7) is 1.65. The van der Waals surface area contributed by atoms with Crippen molar-refractivity contribution in [3.63, 3.8) is 0 Å². The lowest BCUT2D eigenvalue weighted by Crippen LogP contribution is -2.24. The monoisotopic (exact) mass is 512 g/mol. The molecule has 0 heterocycles. The lowest BCUT2D eigenvalue weighted by molar-refractivity contribution is -0.123. The molecule has 10 heteroatoms. The SMILES string of the molecule is COc1cc(C(=O)Oc2ccc(/C=N\NC(=O)COc3ccc(Cl)c(C)c3)cc2)cc(OC)c1OC. The summed E-state index contributed by atoms with van der Waals surface area (Å²) in [6, 6.07) is 14.7. The second-order valence-corrected chi connectivity index (χ2v) is 7.77. The minimum absolute atomic E-state index is 0.200. The van der Waals surface area contributed by atoms with Gasteiger partial charge in [0.15, 0.2) is 18.1 Å². The Kier molecular flexibility index (Phi) is 9.13. The van der Waals surface area contributed by atoms with Crippen molar-refractivity contribution in [3.05, 3.63) is 76.3 Å². The van der Waals surface area contributed by atoms with E-state index in [0.717, 1.165) is 5.56 Å². The third-order valence-electron chi connectivity index (χ3n) is 4.89. The van der Waals surface area contributed by atoms with Gasteiger partial charge in [0.1, 0.15) is 11.5 Å². The maximum atomic E-state index is 12.6. The predicted octanol–water partition coefficient (Wildman–Crippen LogP) is 4.42. The summed E-state index contributed by atoms with van der Waals surface area (Å²) in [5.74, 6) is 0.888. The number of hydrogen-bond acceptors (Lipinski definition) is 8. The van der Waals surface area contributed by atoms with Gasteiger partial charge in [-0.25, -0.2) is 10.2 Å². The number of esters is 1. The van der Waals surface area contributed by atoms with Crippen molar-refractivity contribution in [3.8, 4) is 28.7 Å². The van der Waals surface area contributed by atoms with Crippen LogP contribution in [0.3, 0.4) is 0 Å². The zero-order valence-electron chi connectivity index (χ0n) is 20.2. The van der Waals surface area contributed by atoms with Gasteiger partial charge in [-0.3, -0.25) is 4.79 Å². The van der Waals surface area contributed by atoms with E-state index < -0.39 is 11.9 Å². The Morgan fingerprint density at radius 1 is 0.917 bits per heavy atom. The van der Waals surface area contributed by atoms with Crippen LogP contribution in [0.15, 0.2) is 59.7 Å². The molecule has 0 unspecified atom stereocenters. The second-order valence-electron chi connectivity index (χ2n) is 7.37. The number of rotatable bonds is 10. The van der Waals surface area contributed by atoms with Gasteiger partial charge in [-0.15, -0.1) is 0 Å². The minimum atomic E-state index is -0.598. The topological polar surface area (TPSA) is 105 Å². The summed E-state index contributed by atoms with van der Waals surface area (Å²) < 4.78 is 26.6. The third kappa shape index (κ3) is 6.89. The lowest BCUT2D eigenvalue weighted by Gasteiger charge is -2.13. The highest BCUT2D eigenvalue weighted by Gasteiger charge is 2.18. The maximum Gasteiger partial charge on any atom is 0.343 e. The molecule has 3 aromatic rings. The fourth-order valence-corrected chi connectivity index (χ4v) is 3.17. The number of carbonyl (C=O) groups is 2. The molecular weight excluding hydrogens is 488 g/mol. The summed E-state index contributed by atoms with van der Waals surface area (Å²) in [7, 11) is 4.40. The zero-order chi connectivity index (χ0) is 26.1. The third-order valence-corrected chi connectivity index (χ3v) is 5.32. The molecule has 0 aromatic heterocycles. The molecule has 0 radical (unpaired) electrons. The number of hydrogen-bond donors (Lipinski definition) is 1. The largest absolute Gasteiger partial charge is 0.493 e. The Labute approximate surface area is 213 Å². The van der Waals surface area contributed by atoms with Gasteiger partial charge in [0, 0.05) is 5.02 Å². The standard InChI is InChI=1S/C26H25ClN2O7/c1-16-11-20(9-10-21(16)27)35-15-24(30)29-28-14-17-5-7-19(8-6-17)36-26(31)18-12-22(32-2)25(34-4)23(13-18)33-3/h5-14H,15H2,1-4H3,(H,29,30)/b28-14-. The molecular formula is C26H25ClN2O7. The smallest absolute Gasteiger partial charge is 0.343 e. The second kappa shape index (κ2) is 12.5. The van der Waals surface area contributed by atoms with E-state index in [4.69, 9.17) is 35.3 Å². The van der Waals surface area contributed by atoms with E-state index >= 15 is 0 Å². The van der Waals surface area contributed by atoms with Crippen LogP contribution >= 0.6 is 11.6 Å². The maximum absolute atomic E-state index is 12.6. The summed E-state index contributed by atoms with van der Waals surface area (Å²) in [5.41, 5.74) is 4.15. The summed E-state index contributed by atoms with van der Waals surface area (Å²) in [4.78, 5) is 24.6. The van der Waals surface area contributed by atoms with E-state index in [1.165, 1.54) is 39.7 Å². The molecule has 0 atom stereocenters. The van der Waals surface area contributed by atoms with Crippen LogP contribution in [0.1, 0.15) is 21.5 Å². The van der Waals surface area contributed by atoms with Gasteiger partial charge >= 0.3 is 5.97 Å². The molecule has 0 spiro atoms. The highest BCUT2D eigenvalue weighted by molar-refractivity contribution is 6.31. The van der Waals surface area contributed by atoms with Crippen LogP contribution in [-0.4, -0.2) is 46.0 Å². The molecule has 36 heavy (non-hydrogen) atoms. The zero-order valence-corrected chi connectivity index (χ0v) is 20.9.